The minimum Gasteiger partial charge on any atom is -0.455 e. The number of pyridine rings is 3. The molecule has 11 aromatic rings. The van der Waals surface area contributed by atoms with Crippen molar-refractivity contribution in [1.82, 2.24) is 15.0 Å². The number of hydrogen-bond donors (Lipinski definition) is 0. The van der Waals surface area contributed by atoms with Crippen LogP contribution in [0.5, 0.6) is 0 Å². The highest BCUT2D eigenvalue weighted by molar-refractivity contribution is 7.25. The molecule has 0 bridgehead atoms. The maximum Gasteiger partial charge on any atom is 0.143 e. The first-order valence-electron chi connectivity index (χ1n) is 16.0. The number of fused-ring (bicyclic) bond motifs is 13. The number of benzene rings is 6. The molecule has 0 radical (unpaired) electrons. The molecular weight excluding hydrogens is 607 g/mol. The molecular formula is C43H23N3OS. The third kappa shape index (κ3) is 3.56. The van der Waals surface area contributed by atoms with Crippen LogP contribution in [0.1, 0.15) is 0 Å². The summed E-state index contributed by atoms with van der Waals surface area (Å²) in [5.41, 5.74) is 8.57. The van der Waals surface area contributed by atoms with E-state index in [1.807, 2.05) is 41.9 Å². The molecule has 0 amide bonds. The van der Waals surface area contributed by atoms with Crippen LogP contribution in [-0.4, -0.2) is 15.0 Å². The van der Waals surface area contributed by atoms with E-state index in [2.05, 4.69) is 109 Å². The normalized spacial score (nSPS) is 12.2. The molecule has 4 nitrogen and oxygen atoms in total. The Hall–Kier alpha value is -6.17. The number of thiophene rings is 1. The summed E-state index contributed by atoms with van der Waals surface area (Å²) in [5, 5.41) is 10.1. The molecule has 0 saturated carbocycles. The van der Waals surface area contributed by atoms with Crippen molar-refractivity contribution in [2.45, 2.75) is 0 Å². The van der Waals surface area contributed by atoms with Crippen LogP contribution in [0.15, 0.2) is 144 Å². The van der Waals surface area contributed by atoms with E-state index in [1.165, 1.54) is 20.2 Å². The Balaban J connectivity index is 1.35. The van der Waals surface area contributed by atoms with E-state index in [-0.39, 0.29) is 0 Å². The zero-order valence-electron chi connectivity index (χ0n) is 25.4. The molecule has 0 aliphatic rings. The van der Waals surface area contributed by atoms with Gasteiger partial charge in [-0.3, -0.25) is 9.97 Å². The molecule has 0 N–H and O–H groups in total. The highest BCUT2D eigenvalue weighted by Gasteiger charge is 2.23. The number of nitrogens with zero attached hydrogens (tertiary/aromatic N) is 3. The van der Waals surface area contributed by atoms with Crippen molar-refractivity contribution in [3.63, 3.8) is 0 Å². The summed E-state index contributed by atoms with van der Waals surface area (Å²) in [5.74, 6) is 0. The lowest BCUT2D eigenvalue weighted by molar-refractivity contribution is 0.670. The third-order valence-corrected chi connectivity index (χ3v) is 10.9. The number of hydrogen-bond acceptors (Lipinski definition) is 5. The number of aromatic nitrogens is 3. The van der Waals surface area contributed by atoms with Gasteiger partial charge in [-0.1, -0.05) is 72.8 Å². The second kappa shape index (κ2) is 9.67. The van der Waals surface area contributed by atoms with Crippen molar-refractivity contribution in [2.75, 3.05) is 0 Å². The van der Waals surface area contributed by atoms with Crippen LogP contribution >= 0.6 is 11.3 Å². The first kappa shape index (κ1) is 26.0. The van der Waals surface area contributed by atoms with Gasteiger partial charge in [-0.05, 0) is 60.2 Å². The summed E-state index contributed by atoms with van der Waals surface area (Å²) in [6.45, 7) is 0. The van der Waals surface area contributed by atoms with Gasteiger partial charge in [-0.25, -0.2) is 4.98 Å². The summed E-state index contributed by atoms with van der Waals surface area (Å²) < 4.78 is 9.41. The summed E-state index contributed by atoms with van der Waals surface area (Å²) in [6, 6.07) is 45.1. The monoisotopic (exact) mass is 629 g/mol. The van der Waals surface area contributed by atoms with Gasteiger partial charge in [0, 0.05) is 81.4 Å². The predicted octanol–water partition coefficient (Wildman–Crippen LogP) is 12.1. The van der Waals surface area contributed by atoms with Gasteiger partial charge >= 0.3 is 0 Å². The van der Waals surface area contributed by atoms with Crippen LogP contribution in [0.3, 0.4) is 0 Å². The van der Waals surface area contributed by atoms with Gasteiger partial charge in [0.1, 0.15) is 11.2 Å². The maximum absolute atomic E-state index is 6.84. The molecule has 222 valence electrons. The fourth-order valence-electron chi connectivity index (χ4n) is 7.62. The lowest BCUT2D eigenvalue weighted by Crippen LogP contribution is -1.93. The van der Waals surface area contributed by atoms with Gasteiger partial charge in [0.2, 0.25) is 0 Å². The molecule has 0 spiro atoms. The lowest BCUT2D eigenvalue weighted by Gasteiger charge is -2.15. The molecule has 0 atom stereocenters. The van der Waals surface area contributed by atoms with E-state index < -0.39 is 0 Å². The minimum absolute atomic E-state index is 0.860. The molecule has 0 fully saturated rings. The summed E-state index contributed by atoms with van der Waals surface area (Å²) in [6.07, 6.45) is 3.68. The van der Waals surface area contributed by atoms with E-state index in [9.17, 15) is 0 Å². The maximum atomic E-state index is 6.84. The molecule has 0 aliphatic heterocycles. The SMILES string of the molecule is c1cnc2c(c1)cc(-c1cc3c(-c4ccc5sc6ccccc6c5c4)nc4ccccc4c3c3c1oc1ccccc13)c1cccnc12. The quantitative estimate of drug-likeness (QED) is 0.179. The van der Waals surface area contributed by atoms with Crippen LogP contribution in [0.25, 0.3) is 108 Å². The van der Waals surface area contributed by atoms with Crippen molar-refractivity contribution < 1.29 is 4.42 Å². The van der Waals surface area contributed by atoms with Crippen LogP contribution < -0.4 is 0 Å². The van der Waals surface area contributed by atoms with Crippen LogP contribution in [0, 0.1) is 0 Å². The van der Waals surface area contributed by atoms with Crippen LogP contribution in [0.2, 0.25) is 0 Å². The van der Waals surface area contributed by atoms with Gasteiger partial charge in [-0.2, -0.15) is 0 Å². The van der Waals surface area contributed by atoms with Gasteiger partial charge < -0.3 is 4.42 Å². The van der Waals surface area contributed by atoms with Gasteiger partial charge in [-0.15, -0.1) is 11.3 Å². The average molecular weight is 630 g/mol. The molecule has 0 unspecified atom stereocenters. The summed E-state index contributed by atoms with van der Waals surface area (Å²) >= 11 is 1.83. The number of para-hydroxylation sites is 2. The Morgan fingerprint density at radius 1 is 0.500 bits per heavy atom. The lowest BCUT2D eigenvalue weighted by atomic mass is 9.90. The van der Waals surface area contributed by atoms with E-state index >= 15 is 0 Å². The molecule has 5 heterocycles. The number of furan rings is 1. The highest BCUT2D eigenvalue weighted by Crippen LogP contribution is 2.47. The largest absolute Gasteiger partial charge is 0.455 e. The van der Waals surface area contributed by atoms with Crippen molar-refractivity contribution in [1.29, 1.82) is 0 Å². The fourth-order valence-corrected chi connectivity index (χ4v) is 8.71. The Bertz CT molecular complexity index is 3140. The zero-order chi connectivity index (χ0) is 31.3. The molecule has 0 aliphatic carbocycles. The standard InChI is InChI=1S/C43H23N3OS/c1-4-14-34-28(11-1)38-33(40(46-34)25-17-18-37-31(22-25)26-10-3-6-16-36(26)48-37)23-32(43-39(38)29-12-2-5-15-35(29)47-43)30-21-24-9-7-19-44-41(24)42-27(30)13-8-20-45-42/h1-23H. The highest BCUT2D eigenvalue weighted by atomic mass is 32.1. The van der Waals surface area contributed by atoms with E-state index in [0.29, 0.717) is 0 Å². The molecule has 48 heavy (non-hydrogen) atoms. The van der Waals surface area contributed by atoms with Crippen LogP contribution in [0.4, 0.5) is 0 Å². The van der Waals surface area contributed by atoms with E-state index in [0.717, 1.165) is 87.8 Å². The Morgan fingerprint density at radius 2 is 1.25 bits per heavy atom. The second-order valence-electron chi connectivity index (χ2n) is 12.3. The Kier molecular flexibility index (Phi) is 5.23. The first-order chi connectivity index (χ1) is 23.8. The number of rotatable bonds is 2. The first-order valence-corrected chi connectivity index (χ1v) is 16.8. The third-order valence-electron chi connectivity index (χ3n) is 9.71. The summed E-state index contributed by atoms with van der Waals surface area (Å²) in [7, 11) is 0. The van der Waals surface area contributed by atoms with E-state index in [1.54, 1.807) is 0 Å². The van der Waals surface area contributed by atoms with Crippen LogP contribution in [-0.2, 0) is 0 Å². The van der Waals surface area contributed by atoms with Gasteiger partial charge in [0.05, 0.1) is 22.2 Å². The van der Waals surface area contributed by atoms with E-state index in [4.69, 9.17) is 19.4 Å². The van der Waals surface area contributed by atoms with Crippen molar-refractivity contribution in [2.24, 2.45) is 0 Å². The van der Waals surface area contributed by atoms with Gasteiger partial charge in [0.15, 0.2) is 0 Å². The molecule has 5 heteroatoms. The zero-order valence-corrected chi connectivity index (χ0v) is 26.3. The van der Waals surface area contributed by atoms with Crippen molar-refractivity contribution in [3.05, 3.63) is 140 Å². The summed E-state index contributed by atoms with van der Waals surface area (Å²) in [4.78, 5) is 15.0. The molecule has 6 aromatic carbocycles. The Morgan fingerprint density at radius 3 is 2.19 bits per heavy atom. The second-order valence-corrected chi connectivity index (χ2v) is 13.4. The molecule has 0 saturated heterocycles. The average Bonchev–Trinajstić information content (AvgIpc) is 3.72. The molecule has 11 rings (SSSR count). The smallest absolute Gasteiger partial charge is 0.143 e. The van der Waals surface area contributed by atoms with Crippen molar-refractivity contribution >= 4 is 96.9 Å². The topological polar surface area (TPSA) is 51.8 Å². The van der Waals surface area contributed by atoms with Gasteiger partial charge in [0.25, 0.3) is 0 Å². The molecule has 5 aromatic heterocycles. The minimum atomic E-state index is 0.860. The Labute approximate surface area is 277 Å². The fraction of sp³-hybridized carbons (Fsp3) is 0. The predicted molar refractivity (Wildman–Crippen MR) is 201 cm³/mol. The van der Waals surface area contributed by atoms with Crippen molar-refractivity contribution in [3.8, 4) is 22.4 Å².